The number of nitrogens with one attached hydrogen (secondary N) is 1. The first-order chi connectivity index (χ1) is 8.13. The first kappa shape index (κ1) is 11.8. The predicted octanol–water partition coefficient (Wildman–Crippen LogP) is 2.02. The van der Waals surface area contributed by atoms with Crippen LogP contribution in [0.1, 0.15) is 0 Å². The Balaban J connectivity index is 2.38. The topological polar surface area (TPSA) is 66.4 Å². The zero-order valence-electron chi connectivity index (χ0n) is 8.87. The molecular formula is C12H11NO3S. The van der Waals surface area contributed by atoms with Crippen LogP contribution in [-0.4, -0.2) is 13.6 Å². The molecule has 88 valence electrons. The average Bonchev–Trinajstić information content (AvgIpc) is 2.40. The van der Waals surface area contributed by atoms with Crippen LogP contribution in [0.5, 0.6) is 0 Å². The quantitative estimate of drug-likeness (QED) is 0.818. The average molecular weight is 249 g/mol. The number of benzene rings is 2. The van der Waals surface area contributed by atoms with Gasteiger partial charge in [-0.1, -0.05) is 47.3 Å². The zero-order valence-corrected chi connectivity index (χ0v) is 9.68. The minimum absolute atomic E-state index is 0.0275. The Morgan fingerprint density at radius 2 is 1.35 bits per heavy atom. The molecule has 0 bridgehead atoms. The molecule has 0 spiro atoms. The van der Waals surface area contributed by atoms with Crippen molar-refractivity contribution in [3.05, 3.63) is 54.6 Å². The van der Waals surface area contributed by atoms with Crippen molar-refractivity contribution in [2.75, 3.05) is 0 Å². The highest BCUT2D eigenvalue weighted by Crippen LogP contribution is 2.20. The SMILES string of the molecule is O=S(=O)(NO)c1ccc(-c2ccccc2)cc1. The van der Waals surface area contributed by atoms with Gasteiger partial charge < -0.3 is 5.21 Å². The van der Waals surface area contributed by atoms with E-state index in [2.05, 4.69) is 0 Å². The zero-order chi connectivity index (χ0) is 12.3. The Hall–Kier alpha value is -1.69. The fraction of sp³-hybridized carbons (Fsp3) is 0. The summed E-state index contributed by atoms with van der Waals surface area (Å²) in [6.07, 6.45) is 0. The Kier molecular flexibility index (Phi) is 3.23. The molecule has 0 atom stereocenters. The van der Waals surface area contributed by atoms with Crippen molar-refractivity contribution in [3.63, 3.8) is 0 Å². The first-order valence-electron chi connectivity index (χ1n) is 4.95. The molecule has 0 aromatic heterocycles. The van der Waals surface area contributed by atoms with Crippen molar-refractivity contribution in [3.8, 4) is 11.1 Å². The lowest BCUT2D eigenvalue weighted by Gasteiger charge is -2.04. The monoisotopic (exact) mass is 249 g/mol. The first-order valence-corrected chi connectivity index (χ1v) is 6.43. The lowest BCUT2D eigenvalue weighted by molar-refractivity contribution is 0.242. The van der Waals surface area contributed by atoms with E-state index in [1.54, 1.807) is 12.1 Å². The number of hydrogen-bond donors (Lipinski definition) is 2. The van der Waals surface area contributed by atoms with E-state index >= 15 is 0 Å². The third-order valence-corrected chi connectivity index (χ3v) is 3.53. The van der Waals surface area contributed by atoms with Gasteiger partial charge in [-0.2, -0.15) is 0 Å². The molecule has 0 fully saturated rings. The summed E-state index contributed by atoms with van der Waals surface area (Å²) in [4.78, 5) is 1.32. The Bertz CT molecular complexity index is 591. The molecule has 0 saturated heterocycles. The number of hydrogen-bond acceptors (Lipinski definition) is 3. The third-order valence-electron chi connectivity index (χ3n) is 2.39. The van der Waals surface area contributed by atoms with Crippen molar-refractivity contribution < 1.29 is 13.6 Å². The van der Waals surface area contributed by atoms with Crippen LogP contribution in [0.15, 0.2) is 59.5 Å². The Morgan fingerprint density at radius 3 is 1.88 bits per heavy atom. The highest BCUT2D eigenvalue weighted by Gasteiger charge is 2.11. The second kappa shape index (κ2) is 4.67. The maximum absolute atomic E-state index is 11.3. The van der Waals surface area contributed by atoms with Crippen molar-refractivity contribution in [2.45, 2.75) is 4.90 Å². The summed E-state index contributed by atoms with van der Waals surface area (Å²) in [6.45, 7) is 0. The molecular weight excluding hydrogens is 238 g/mol. The maximum Gasteiger partial charge on any atom is 0.262 e. The van der Waals surface area contributed by atoms with Crippen LogP contribution in [0, 0.1) is 0 Å². The van der Waals surface area contributed by atoms with Crippen LogP contribution < -0.4 is 4.89 Å². The summed E-state index contributed by atoms with van der Waals surface area (Å²) in [6, 6.07) is 15.9. The van der Waals surface area contributed by atoms with E-state index in [9.17, 15) is 8.42 Å². The maximum atomic E-state index is 11.3. The third kappa shape index (κ3) is 2.52. The molecule has 0 aliphatic heterocycles. The van der Waals surface area contributed by atoms with Gasteiger partial charge in [-0.3, -0.25) is 0 Å². The molecule has 0 radical (unpaired) electrons. The van der Waals surface area contributed by atoms with Crippen LogP contribution >= 0.6 is 0 Å². The molecule has 2 aromatic rings. The molecule has 2 aromatic carbocycles. The van der Waals surface area contributed by atoms with Gasteiger partial charge in [-0.25, -0.2) is 8.42 Å². The van der Waals surface area contributed by atoms with Crippen LogP contribution in [0.2, 0.25) is 0 Å². The summed E-state index contributed by atoms with van der Waals surface area (Å²) < 4.78 is 22.6. The lowest BCUT2D eigenvalue weighted by Crippen LogP contribution is -2.19. The van der Waals surface area contributed by atoms with Gasteiger partial charge in [0, 0.05) is 0 Å². The summed E-state index contributed by atoms with van der Waals surface area (Å²) in [5, 5.41) is 8.50. The fourth-order valence-electron chi connectivity index (χ4n) is 1.51. The van der Waals surface area contributed by atoms with E-state index in [1.165, 1.54) is 17.0 Å². The molecule has 4 nitrogen and oxygen atoms in total. The van der Waals surface area contributed by atoms with Gasteiger partial charge in [0.2, 0.25) is 0 Å². The van der Waals surface area contributed by atoms with Crippen LogP contribution in [0.25, 0.3) is 11.1 Å². The molecule has 0 aliphatic carbocycles. The van der Waals surface area contributed by atoms with Gasteiger partial charge in [0.15, 0.2) is 0 Å². The van der Waals surface area contributed by atoms with Gasteiger partial charge in [0.1, 0.15) is 0 Å². The van der Waals surface area contributed by atoms with E-state index in [4.69, 9.17) is 5.21 Å². The van der Waals surface area contributed by atoms with Crippen LogP contribution in [0.4, 0.5) is 0 Å². The van der Waals surface area contributed by atoms with Crippen molar-refractivity contribution in [1.29, 1.82) is 0 Å². The second-order valence-electron chi connectivity index (χ2n) is 3.49. The summed E-state index contributed by atoms with van der Waals surface area (Å²) in [7, 11) is -3.79. The lowest BCUT2D eigenvalue weighted by atomic mass is 10.1. The summed E-state index contributed by atoms with van der Waals surface area (Å²) in [5.41, 5.74) is 1.93. The molecule has 2 N–H and O–H groups in total. The molecule has 0 unspecified atom stereocenters. The molecule has 2 rings (SSSR count). The number of rotatable bonds is 3. The van der Waals surface area contributed by atoms with Crippen molar-refractivity contribution >= 4 is 10.0 Å². The summed E-state index contributed by atoms with van der Waals surface area (Å²) >= 11 is 0. The van der Waals surface area contributed by atoms with Gasteiger partial charge in [-0.05, 0) is 23.3 Å². The smallest absolute Gasteiger partial charge is 0.262 e. The van der Waals surface area contributed by atoms with E-state index in [0.29, 0.717) is 0 Å². The highest BCUT2D eigenvalue weighted by molar-refractivity contribution is 7.89. The van der Waals surface area contributed by atoms with Crippen molar-refractivity contribution in [2.24, 2.45) is 0 Å². The van der Waals surface area contributed by atoms with Gasteiger partial charge in [-0.15, -0.1) is 0 Å². The molecule has 0 saturated carbocycles. The van der Waals surface area contributed by atoms with Crippen LogP contribution in [-0.2, 0) is 10.0 Å². The van der Waals surface area contributed by atoms with Gasteiger partial charge in [0.05, 0.1) is 4.90 Å². The predicted molar refractivity (Wildman–Crippen MR) is 64.0 cm³/mol. The number of sulfonamides is 1. The molecule has 0 aliphatic rings. The normalized spacial score (nSPS) is 11.4. The molecule has 17 heavy (non-hydrogen) atoms. The largest absolute Gasteiger partial charge is 0.302 e. The minimum atomic E-state index is -3.79. The standard InChI is InChI=1S/C12H11NO3S/c14-13-17(15,16)12-8-6-11(7-9-12)10-4-2-1-3-5-10/h1-9,13-14H. The highest BCUT2D eigenvalue weighted by atomic mass is 32.2. The Morgan fingerprint density at radius 1 is 0.824 bits per heavy atom. The second-order valence-corrected chi connectivity index (χ2v) is 5.15. The molecule has 0 heterocycles. The van der Waals surface area contributed by atoms with E-state index in [0.717, 1.165) is 11.1 Å². The van der Waals surface area contributed by atoms with E-state index < -0.39 is 10.0 Å². The van der Waals surface area contributed by atoms with Gasteiger partial charge in [0.25, 0.3) is 10.0 Å². The summed E-state index contributed by atoms with van der Waals surface area (Å²) in [5.74, 6) is 0. The van der Waals surface area contributed by atoms with Crippen molar-refractivity contribution in [1.82, 2.24) is 4.89 Å². The van der Waals surface area contributed by atoms with Crippen LogP contribution in [0.3, 0.4) is 0 Å². The molecule has 5 heteroatoms. The fourth-order valence-corrected chi connectivity index (χ4v) is 2.11. The minimum Gasteiger partial charge on any atom is -0.302 e. The van der Waals surface area contributed by atoms with E-state index in [-0.39, 0.29) is 4.90 Å². The Labute approximate surface area is 99.5 Å². The van der Waals surface area contributed by atoms with E-state index in [1.807, 2.05) is 30.3 Å². The van der Waals surface area contributed by atoms with Gasteiger partial charge >= 0.3 is 0 Å². The molecule has 0 amide bonds.